The number of phenolic OH excluding ortho intramolecular Hbond substituents is 1. The maximum Gasteiger partial charge on any atom is 0.139 e. The summed E-state index contributed by atoms with van der Waals surface area (Å²) in [6.45, 7) is 2.47. The van der Waals surface area contributed by atoms with Gasteiger partial charge in [-0.05, 0) is 79.8 Å². The zero-order valence-electron chi connectivity index (χ0n) is 15.5. The summed E-state index contributed by atoms with van der Waals surface area (Å²) < 4.78 is 13.2. The van der Waals surface area contributed by atoms with Gasteiger partial charge in [0.15, 0.2) is 0 Å². The average Bonchev–Trinajstić information content (AvgIpc) is 2.68. The van der Waals surface area contributed by atoms with Gasteiger partial charge >= 0.3 is 0 Å². The highest BCUT2D eigenvalue weighted by Crippen LogP contribution is 2.68. The first-order valence-electron chi connectivity index (χ1n) is 10.2. The van der Waals surface area contributed by atoms with Crippen molar-refractivity contribution >= 4 is 11.4 Å². The Morgan fingerprint density at radius 1 is 1.07 bits per heavy atom. The highest BCUT2D eigenvalue weighted by molar-refractivity contribution is 5.69. The van der Waals surface area contributed by atoms with Gasteiger partial charge < -0.3 is 10.4 Å². The number of piperidine rings is 2. The van der Waals surface area contributed by atoms with Gasteiger partial charge in [-0.2, -0.15) is 0 Å². The molecule has 140 valence electrons. The summed E-state index contributed by atoms with van der Waals surface area (Å²) in [5, 5.41) is 14.1. The molecule has 3 fully saturated rings. The fourth-order valence-electron chi connectivity index (χ4n) is 6.94. The number of nitrogens with zero attached hydrogens (tertiary/aromatic N) is 1. The van der Waals surface area contributed by atoms with Crippen LogP contribution in [0.1, 0.15) is 43.2 Å². The molecule has 2 aromatic rings. The summed E-state index contributed by atoms with van der Waals surface area (Å²) in [5.74, 6) is 0.0615. The van der Waals surface area contributed by atoms with Crippen LogP contribution in [0, 0.1) is 11.2 Å². The highest BCUT2D eigenvalue weighted by atomic mass is 19.1. The molecule has 4 atom stereocenters. The Morgan fingerprint density at radius 2 is 1.89 bits per heavy atom. The number of benzene rings is 2. The van der Waals surface area contributed by atoms with Gasteiger partial charge in [0.2, 0.25) is 0 Å². The molecule has 6 rings (SSSR count). The third kappa shape index (κ3) is 1.94. The molecule has 27 heavy (non-hydrogen) atoms. The number of nitrogens with one attached hydrogen (secondary N) is 1. The molecule has 1 saturated carbocycles. The van der Waals surface area contributed by atoms with Gasteiger partial charge in [-0.1, -0.05) is 12.8 Å². The van der Waals surface area contributed by atoms with E-state index in [2.05, 4.69) is 22.3 Å². The molecular weight excluding hydrogens is 339 g/mol. The fourth-order valence-corrected chi connectivity index (χ4v) is 6.94. The van der Waals surface area contributed by atoms with Crippen molar-refractivity contribution in [2.24, 2.45) is 5.41 Å². The molecule has 2 aliphatic heterocycles. The maximum absolute atomic E-state index is 13.2. The van der Waals surface area contributed by atoms with Crippen molar-refractivity contribution in [2.75, 3.05) is 18.4 Å². The smallest absolute Gasteiger partial charge is 0.139 e. The van der Waals surface area contributed by atoms with E-state index in [1.165, 1.54) is 68.5 Å². The van der Waals surface area contributed by atoms with Crippen LogP contribution < -0.4 is 5.32 Å². The molecule has 0 radical (unpaired) electrons. The van der Waals surface area contributed by atoms with E-state index in [1.807, 2.05) is 0 Å². The highest BCUT2D eigenvalue weighted by Gasteiger charge is 2.69. The molecular formula is C23H25FN2O. The van der Waals surface area contributed by atoms with Crippen LogP contribution in [0.25, 0.3) is 0 Å². The number of rotatable bonds is 2. The fraction of sp³-hybridized carbons (Fsp3) is 0.478. The molecule has 4 bridgehead atoms. The lowest BCUT2D eigenvalue weighted by atomic mass is 9.40. The van der Waals surface area contributed by atoms with Gasteiger partial charge in [0.05, 0.1) is 5.69 Å². The topological polar surface area (TPSA) is 35.5 Å². The summed E-state index contributed by atoms with van der Waals surface area (Å²) >= 11 is 0. The molecule has 2 heterocycles. The molecule has 4 aliphatic rings. The summed E-state index contributed by atoms with van der Waals surface area (Å²) in [6.07, 6.45) is 7.62. The second-order valence-electron chi connectivity index (χ2n) is 9.04. The molecule has 2 aliphatic carbocycles. The standard InChI is InChI=1S/C23H25FN2O/c24-16-3-5-17(6-4-16)25-19-11-15-12-21-23-8-2-1-7-22(23,9-10-26(21)14-23)18(15)13-20(19)27/h3-6,11,13,21,25,27H,1-2,7-10,12,14H2. The van der Waals surface area contributed by atoms with Crippen molar-refractivity contribution < 1.29 is 9.50 Å². The number of aromatic hydroxyl groups is 1. The van der Waals surface area contributed by atoms with Crippen molar-refractivity contribution in [3.05, 3.63) is 53.3 Å². The monoisotopic (exact) mass is 364 g/mol. The average molecular weight is 364 g/mol. The molecule has 4 heteroatoms. The van der Waals surface area contributed by atoms with Crippen molar-refractivity contribution in [3.63, 3.8) is 0 Å². The largest absolute Gasteiger partial charge is 0.506 e. The maximum atomic E-state index is 13.2. The molecule has 4 unspecified atom stereocenters. The van der Waals surface area contributed by atoms with Gasteiger partial charge in [-0.25, -0.2) is 4.39 Å². The predicted octanol–water partition coefficient (Wildman–Crippen LogP) is 4.72. The lowest BCUT2D eigenvalue weighted by Gasteiger charge is -2.74. The van der Waals surface area contributed by atoms with Gasteiger partial charge in [0, 0.05) is 29.1 Å². The van der Waals surface area contributed by atoms with Gasteiger partial charge in [-0.15, -0.1) is 0 Å². The van der Waals surface area contributed by atoms with E-state index in [9.17, 15) is 9.50 Å². The van der Waals surface area contributed by atoms with Crippen molar-refractivity contribution in [2.45, 2.75) is 50.0 Å². The lowest BCUT2D eigenvalue weighted by molar-refractivity contribution is -0.198. The second-order valence-corrected chi connectivity index (χ2v) is 9.04. The van der Waals surface area contributed by atoms with E-state index in [0.29, 0.717) is 17.2 Å². The molecule has 1 spiro atoms. The minimum absolute atomic E-state index is 0.252. The van der Waals surface area contributed by atoms with Gasteiger partial charge in [0.1, 0.15) is 11.6 Å². The van der Waals surface area contributed by atoms with Gasteiger partial charge in [0.25, 0.3) is 0 Å². The van der Waals surface area contributed by atoms with Crippen LogP contribution in [-0.4, -0.2) is 29.1 Å². The van der Waals surface area contributed by atoms with Crippen molar-refractivity contribution in [1.29, 1.82) is 0 Å². The van der Waals surface area contributed by atoms with E-state index in [1.54, 1.807) is 12.1 Å². The molecule has 0 amide bonds. The number of fused-ring (bicyclic) bond motifs is 1. The normalized spacial score (nSPS) is 35.6. The van der Waals surface area contributed by atoms with Crippen LogP contribution in [0.15, 0.2) is 36.4 Å². The molecule has 2 saturated heterocycles. The van der Waals surface area contributed by atoms with E-state index in [-0.39, 0.29) is 11.2 Å². The summed E-state index contributed by atoms with van der Waals surface area (Å²) in [7, 11) is 0. The van der Waals surface area contributed by atoms with Crippen LogP contribution in [-0.2, 0) is 11.8 Å². The Labute approximate surface area is 159 Å². The number of halogens is 1. The lowest BCUT2D eigenvalue weighted by Crippen LogP contribution is -2.79. The second kappa shape index (κ2) is 5.26. The van der Waals surface area contributed by atoms with Gasteiger partial charge in [-0.3, -0.25) is 4.90 Å². The predicted molar refractivity (Wildman–Crippen MR) is 104 cm³/mol. The zero-order chi connectivity index (χ0) is 18.2. The van der Waals surface area contributed by atoms with Crippen LogP contribution in [0.5, 0.6) is 5.75 Å². The summed E-state index contributed by atoms with van der Waals surface area (Å²) in [5.41, 5.74) is 5.05. The quantitative estimate of drug-likeness (QED) is 0.757. The van der Waals surface area contributed by atoms with Crippen LogP contribution in [0.4, 0.5) is 15.8 Å². The first-order chi connectivity index (χ1) is 13.1. The Kier molecular flexibility index (Phi) is 3.10. The zero-order valence-corrected chi connectivity index (χ0v) is 15.5. The Morgan fingerprint density at radius 3 is 2.74 bits per heavy atom. The van der Waals surface area contributed by atoms with Crippen molar-refractivity contribution in [1.82, 2.24) is 4.90 Å². The Balaban J connectivity index is 1.44. The first-order valence-corrected chi connectivity index (χ1v) is 10.2. The molecule has 3 nitrogen and oxygen atoms in total. The van der Waals surface area contributed by atoms with E-state index in [0.717, 1.165) is 17.8 Å². The first kappa shape index (κ1) is 15.9. The van der Waals surface area contributed by atoms with E-state index < -0.39 is 0 Å². The van der Waals surface area contributed by atoms with E-state index >= 15 is 0 Å². The summed E-state index contributed by atoms with van der Waals surface area (Å²) in [6, 6.07) is 11.2. The third-order valence-electron chi connectivity index (χ3n) is 8.09. The minimum atomic E-state index is -0.252. The van der Waals surface area contributed by atoms with Crippen LogP contribution >= 0.6 is 0 Å². The SMILES string of the molecule is Oc1cc2c(cc1Nc1ccc(F)cc1)CC1N3CCC24CCCCC14C3. The molecule has 0 aromatic heterocycles. The number of hydrogen-bond donors (Lipinski definition) is 2. The minimum Gasteiger partial charge on any atom is -0.506 e. The summed E-state index contributed by atoms with van der Waals surface area (Å²) in [4.78, 5) is 2.69. The van der Waals surface area contributed by atoms with E-state index in [4.69, 9.17) is 0 Å². The molecule has 2 aromatic carbocycles. The number of hydrogen-bond acceptors (Lipinski definition) is 3. The molecule has 2 N–H and O–H groups in total. The number of anilines is 2. The van der Waals surface area contributed by atoms with Crippen molar-refractivity contribution in [3.8, 4) is 5.75 Å². The van der Waals surface area contributed by atoms with Crippen LogP contribution in [0.2, 0.25) is 0 Å². The number of phenols is 1. The third-order valence-corrected chi connectivity index (χ3v) is 8.09. The Bertz CT molecular complexity index is 919. The Hall–Kier alpha value is -2.07. The van der Waals surface area contributed by atoms with Crippen LogP contribution in [0.3, 0.4) is 0 Å².